The van der Waals surface area contributed by atoms with Gasteiger partial charge in [-0.2, -0.15) is 0 Å². The molecule has 0 aromatic heterocycles. The molecule has 0 aliphatic heterocycles. The average molecular weight is 314 g/mol. The highest BCUT2D eigenvalue weighted by Crippen LogP contribution is 2.26. The Kier molecular flexibility index (Phi) is 4.01. The molecule has 0 fully saturated rings. The van der Waals surface area contributed by atoms with Crippen LogP contribution < -0.4 is 4.72 Å². The predicted octanol–water partition coefficient (Wildman–Crippen LogP) is 3.90. The minimum atomic E-state index is -3.85. The van der Waals surface area contributed by atoms with Crippen molar-refractivity contribution in [1.82, 2.24) is 0 Å². The van der Waals surface area contributed by atoms with E-state index < -0.39 is 15.8 Å². The Bertz CT molecular complexity index is 760. The first kappa shape index (κ1) is 14.8. The molecule has 6 heteroatoms. The molecule has 3 nitrogen and oxygen atoms in total. The Morgan fingerprint density at radius 1 is 1.15 bits per heavy atom. The smallest absolute Gasteiger partial charge is 0.263 e. The number of aryl methyl sites for hydroxylation is 1. The summed E-state index contributed by atoms with van der Waals surface area (Å²) in [4.78, 5) is -0.151. The Labute approximate surface area is 122 Å². The zero-order chi connectivity index (χ0) is 14.9. The first-order valence-electron chi connectivity index (χ1n) is 5.85. The third-order valence-corrected chi connectivity index (χ3v) is 4.88. The van der Waals surface area contributed by atoms with Crippen molar-refractivity contribution in [3.8, 4) is 0 Å². The summed E-state index contributed by atoms with van der Waals surface area (Å²) in [7, 11) is -3.85. The van der Waals surface area contributed by atoms with E-state index >= 15 is 0 Å². The fourth-order valence-electron chi connectivity index (χ4n) is 1.75. The molecular formula is C14H13ClFNO2S. The molecule has 1 N–H and O–H groups in total. The van der Waals surface area contributed by atoms with E-state index in [0.29, 0.717) is 5.69 Å². The molecule has 0 amide bonds. The van der Waals surface area contributed by atoms with Crippen LogP contribution in [0.3, 0.4) is 0 Å². The zero-order valence-corrected chi connectivity index (χ0v) is 12.5. The van der Waals surface area contributed by atoms with Gasteiger partial charge in [0.25, 0.3) is 10.0 Å². The lowest BCUT2D eigenvalue weighted by Crippen LogP contribution is -2.14. The van der Waals surface area contributed by atoms with Crippen molar-refractivity contribution in [1.29, 1.82) is 0 Å². The summed E-state index contributed by atoms with van der Waals surface area (Å²) < 4.78 is 40.0. The highest BCUT2D eigenvalue weighted by molar-refractivity contribution is 7.92. The second-order valence-electron chi connectivity index (χ2n) is 4.43. The van der Waals surface area contributed by atoms with Crippen LogP contribution in [0.5, 0.6) is 0 Å². The van der Waals surface area contributed by atoms with E-state index in [1.54, 1.807) is 12.1 Å². The molecule has 0 bridgehead atoms. The molecule has 2 rings (SSSR count). The first-order valence-corrected chi connectivity index (χ1v) is 7.71. The molecule has 0 saturated carbocycles. The van der Waals surface area contributed by atoms with Gasteiger partial charge in [-0.1, -0.05) is 23.7 Å². The fraction of sp³-hybridized carbons (Fsp3) is 0.143. The van der Waals surface area contributed by atoms with Crippen molar-refractivity contribution in [3.63, 3.8) is 0 Å². The van der Waals surface area contributed by atoms with Crippen LogP contribution in [0, 0.1) is 19.7 Å². The molecule has 20 heavy (non-hydrogen) atoms. The summed E-state index contributed by atoms with van der Waals surface area (Å²) in [6, 6.07) is 8.48. The highest BCUT2D eigenvalue weighted by Gasteiger charge is 2.19. The number of anilines is 1. The monoisotopic (exact) mass is 313 g/mol. The molecule has 0 heterocycles. The number of benzene rings is 2. The quantitative estimate of drug-likeness (QED) is 0.934. The van der Waals surface area contributed by atoms with Gasteiger partial charge in [-0.05, 0) is 49.2 Å². The third kappa shape index (κ3) is 2.94. The summed E-state index contributed by atoms with van der Waals surface area (Å²) in [5.74, 6) is -0.583. The van der Waals surface area contributed by atoms with Crippen LogP contribution in [0.25, 0.3) is 0 Å². The molecule has 0 spiro atoms. The van der Waals surface area contributed by atoms with Crippen molar-refractivity contribution in [2.24, 2.45) is 0 Å². The van der Waals surface area contributed by atoms with Crippen LogP contribution in [0.1, 0.15) is 11.1 Å². The van der Waals surface area contributed by atoms with Gasteiger partial charge in [0.15, 0.2) is 0 Å². The van der Waals surface area contributed by atoms with Gasteiger partial charge >= 0.3 is 0 Å². The van der Waals surface area contributed by atoms with E-state index in [0.717, 1.165) is 29.3 Å². The van der Waals surface area contributed by atoms with E-state index in [-0.39, 0.29) is 9.92 Å². The third-order valence-electron chi connectivity index (χ3n) is 3.03. The van der Waals surface area contributed by atoms with E-state index in [1.165, 1.54) is 0 Å². The fourth-order valence-corrected chi connectivity index (χ4v) is 3.41. The second kappa shape index (κ2) is 5.42. The maximum absolute atomic E-state index is 13.0. The minimum Gasteiger partial charge on any atom is -0.279 e. The van der Waals surface area contributed by atoms with Crippen molar-refractivity contribution in [3.05, 3.63) is 58.4 Å². The molecule has 0 aliphatic rings. The highest BCUT2D eigenvalue weighted by atomic mass is 35.5. The maximum atomic E-state index is 13.0. The van der Waals surface area contributed by atoms with Crippen molar-refractivity contribution >= 4 is 27.3 Å². The van der Waals surface area contributed by atoms with Gasteiger partial charge in [-0.3, -0.25) is 4.72 Å². The van der Waals surface area contributed by atoms with E-state index in [2.05, 4.69) is 4.72 Å². The summed E-state index contributed by atoms with van der Waals surface area (Å²) in [6.45, 7) is 3.71. The van der Waals surface area contributed by atoms with Crippen molar-refractivity contribution < 1.29 is 12.8 Å². The summed E-state index contributed by atoms with van der Waals surface area (Å²) >= 11 is 5.79. The van der Waals surface area contributed by atoms with Crippen LogP contribution >= 0.6 is 11.6 Å². The van der Waals surface area contributed by atoms with E-state index in [4.69, 9.17) is 11.6 Å². The van der Waals surface area contributed by atoms with Gasteiger partial charge in [-0.15, -0.1) is 0 Å². The molecule has 0 saturated heterocycles. The predicted molar refractivity (Wildman–Crippen MR) is 78.1 cm³/mol. The molecule has 0 atom stereocenters. The molecular weight excluding hydrogens is 301 g/mol. The SMILES string of the molecule is Cc1cccc(NS(=O)(=O)c2ccc(F)cc2Cl)c1C. The molecule has 0 unspecified atom stereocenters. The molecule has 0 aliphatic carbocycles. The van der Waals surface area contributed by atoms with Crippen LogP contribution in [0.2, 0.25) is 5.02 Å². The van der Waals surface area contributed by atoms with Gasteiger partial charge < -0.3 is 0 Å². The van der Waals surface area contributed by atoms with Gasteiger partial charge in [0, 0.05) is 0 Å². The minimum absolute atomic E-state index is 0.150. The number of hydrogen-bond donors (Lipinski definition) is 1. The number of sulfonamides is 1. The van der Waals surface area contributed by atoms with Gasteiger partial charge in [0.2, 0.25) is 0 Å². The Morgan fingerprint density at radius 3 is 2.50 bits per heavy atom. The molecule has 2 aromatic rings. The average Bonchev–Trinajstić information content (AvgIpc) is 2.34. The Balaban J connectivity index is 2.44. The van der Waals surface area contributed by atoms with Gasteiger partial charge in [-0.25, -0.2) is 12.8 Å². The molecule has 0 radical (unpaired) electrons. The summed E-state index contributed by atoms with van der Waals surface area (Å²) in [5, 5.41) is -0.150. The Morgan fingerprint density at radius 2 is 1.85 bits per heavy atom. The number of rotatable bonds is 3. The largest absolute Gasteiger partial charge is 0.279 e. The summed E-state index contributed by atoms with van der Waals surface area (Å²) in [6.07, 6.45) is 0. The van der Waals surface area contributed by atoms with Crippen LogP contribution in [-0.2, 0) is 10.0 Å². The van der Waals surface area contributed by atoms with Crippen LogP contribution in [-0.4, -0.2) is 8.42 Å². The number of hydrogen-bond acceptors (Lipinski definition) is 2. The maximum Gasteiger partial charge on any atom is 0.263 e. The molecule has 2 aromatic carbocycles. The van der Waals surface area contributed by atoms with E-state index in [1.807, 2.05) is 19.9 Å². The standard InChI is InChI=1S/C14H13ClFNO2S/c1-9-4-3-5-13(10(9)2)17-20(18,19)14-7-6-11(16)8-12(14)15/h3-8,17H,1-2H3. The van der Waals surface area contributed by atoms with E-state index in [9.17, 15) is 12.8 Å². The first-order chi connectivity index (χ1) is 9.31. The van der Waals surface area contributed by atoms with Crippen molar-refractivity contribution in [2.45, 2.75) is 18.7 Å². The second-order valence-corrected chi connectivity index (χ2v) is 6.49. The lowest BCUT2D eigenvalue weighted by Gasteiger charge is -2.13. The zero-order valence-electron chi connectivity index (χ0n) is 10.9. The normalized spacial score (nSPS) is 11.4. The summed E-state index contributed by atoms with van der Waals surface area (Å²) in [5.41, 5.74) is 2.27. The topological polar surface area (TPSA) is 46.2 Å². The van der Waals surface area contributed by atoms with Gasteiger partial charge in [0.05, 0.1) is 10.7 Å². The lowest BCUT2D eigenvalue weighted by molar-refractivity contribution is 0.599. The van der Waals surface area contributed by atoms with Crippen LogP contribution in [0.15, 0.2) is 41.3 Å². The van der Waals surface area contributed by atoms with Crippen molar-refractivity contribution in [2.75, 3.05) is 4.72 Å². The molecule has 106 valence electrons. The van der Waals surface area contributed by atoms with Gasteiger partial charge in [0.1, 0.15) is 10.7 Å². The lowest BCUT2D eigenvalue weighted by atomic mass is 10.1. The number of nitrogens with one attached hydrogen (secondary N) is 1. The Hall–Kier alpha value is -1.59. The van der Waals surface area contributed by atoms with Crippen LogP contribution in [0.4, 0.5) is 10.1 Å². The number of halogens is 2.